The van der Waals surface area contributed by atoms with Crippen LogP contribution in [0, 0.1) is 6.92 Å². The van der Waals surface area contributed by atoms with Gasteiger partial charge in [-0.25, -0.2) is 0 Å². The van der Waals surface area contributed by atoms with E-state index in [1.54, 1.807) is 18.4 Å². The first-order valence-electron chi connectivity index (χ1n) is 8.52. The SMILES string of the molecule is COc1cccc2c1C1(CCN(Cc3nnc(C)s3)CC1)OCC2. The number of aryl methyl sites for hydroxylation is 1. The summed E-state index contributed by atoms with van der Waals surface area (Å²) < 4.78 is 12.0. The third-order valence-corrected chi connectivity index (χ3v) is 5.95. The normalized spacial score (nSPS) is 20.1. The predicted octanol–water partition coefficient (Wildman–Crippen LogP) is 2.92. The molecule has 0 radical (unpaired) electrons. The summed E-state index contributed by atoms with van der Waals surface area (Å²) in [6, 6.07) is 6.37. The fraction of sp³-hybridized carbons (Fsp3) is 0.556. The van der Waals surface area contributed by atoms with Gasteiger partial charge in [0, 0.05) is 18.7 Å². The molecule has 1 saturated heterocycles. The Kier molecular flexibility index (Phi) is 4.28. The van der Waals surface area contributed by atoms with E-state index in [1.807, 2.05) is 6.92 Å². The lowest BCUT2D eigenvalue weighted by molar-refractivity contribution is -0.100. The lowest BCUT2D eigenvalue weighted by Gasteiger charge is -2.45. The molecule has 0 unspecified atom stereocenters. The number of benzene rings is 1. The van der Waals surface area contributed by atoms with E-state index in [0.717, 1.165) is 61.3 Å². The molecular weight excluding hydrogens is 322 g/mol. The van der Waals surface area contributed by atoms with Crippen molar-refractivity contribution in [2.24, 2.45) is 0 Å². The van der Waals surface area contributed by atoms with Crippen LogP contribution in [0.5, 0.6) is 5.75 Å². The summed E-state index contributed by atoms with van der Waals surface area (Å²) in [4.78, 5) is 2.46. The van der Waals surface area contributed by atoms with Crippen LogP contribution in [0.3, 0.4) is 0 Å². The minimum Gasteiger partial charge on any atom is -0.496 e. The monoisotopic (exact) mass is 345 g/mol. The second-order valence-electron chi connectivity index (χ2n) is 6.58. The molecule has 0 amide bonds. The van der Waals surface area contributed by atoms with E-state index in [2.05, 4.69) is 33.3 Å². The Morgan fingerprint density at radius 3 is 2.83 bits per heavy atom. The molecule has 1 aromatic heterocycles. The highest BCUT2D eigenvalue weighted by Crippen LogP contribution is 2.45. The third kappa shape index (κ3) is 2.83. The van der Waals surface area contributed by atoms with E-state index in [1.165, 1.54) is 11.1 Å². The van der Waals surface area contributed by atoms with Crippen LogP contribution < -0.4 is 4.74 Å². The maximum absolute atomic E-state index is 6.35. The quantitative estimate of drug-likeness (QED) is 0.856. The molecule has 3 heterocycles. The Morgan fingerprint density at radius 2 is 2.12 bits per heavy atom. The minimum atomic E-state index is -0.187. The molecule has 0 aliphatic carbocycles. The number of methoxy groups -OCH3 is 1. The number of hydrogen-bond acceptors (Lipinski definition) is 6. The largest absolute Gasteiger partial charge is 0.496 e. The van der Waals surface area contributed by atoms with Gasteiger partial charge in [0.25, 0.3) is 0 Å². The Balaban J connectivity index is 1.53. The fourth-order valence-electron chi connectivity index (χ4n) is 3.96. The van der Waals surface area contributed by atoms with Crippen LogP contribution in [-0.4, -0.2) is 41.9 Å². The summed E-state index contributed by atoms with van der Waals surface area (Å²) in [6.45, 7) is 5.72. The molecule has 0 saturated carbocycles. The maximum atomic E-state index is 6.35. The average molecular weight is 345 g/mol. The first-order chi connectivity index (χ1) is 11.7. The Labute approximate surface area is 146 Å². The zero-order valence-corrected chi connectivity index (χ0v) is 15.1. The summed E-state index contributed by atoms with van der Waals surface area (Å²) in [5.74, 6) is 0.973. The summed E-state index contributed by atoms with van der Waals surface area (Å²) >= 11 is 1.69. The van der Waals surface area contributed by atoms with Gasteiger partial charge in [-0.1, -0.05) is 12.1 Å². The number of aromatic nitrogens is 2. The molecule has 2 aliphatic heterocycles. The molecule has 0 bridgehead atoms. The van der Waals surface area contributed by atoms with Crippen LogP contribution in [0.15, 0.2) is 18.2 Å². The van der Waals surface area contributed by atoms with Crippen molar-refractivity contribution in [2.75, 3.05) is 26.8 Å². The molecule has 0 atom stereocenters. The fourth-order valence-corrected chi connectivity index (χ4v) is 4.71. The molecule has 1 spiro atoms. The zero-order valence-electron chi connectivity index (χ0n) is 14.2. The highest BCUT2D eigenvalue weighted by molar-refractivity contribution is 7.11. The molecule has 2 aromatic rings. The van der Waals surface area contributed by atoms with Crippen LogP contribution >= 0.6 is 11.3 Å². The molecule has 128 valence electrons. The Bertz CT molecular complexity index is 709. The lowest BCUT2D eigenvalue weighted by atomic mass is 9.79. The van der Waals surface area contributed by atoms with Gasteiger partial charge in [-0.3, -0.25) is 4.90 Å². The maximum Gasteiger partial charge on any atom is 0.131 e. The second-order valence-corrected chi connectivity index (χ2v) is 7.84. The molecular formula is C18H23N3O2S. The number of likely N-dealkylation sites (tertiary alicyclic amines) is 1. The van der Waals surface area contributed by atoms with Gasteiger partial charge in [0.1, 0.15) is 15.8 Å². The lowest BCUT2D eigenvalue weighted by Crippen LogP contribution is -2.46. The third-order valence-electron chi connectivity index (χ3n) is 5.13. The summed E-state index contributed by atoms with van der Waals surface area (Å²) in [6.07, 6.45) is 2.97. The van der Waals surface area contributed by atoms with Gasteiger partial charge in [-0.05, 0) is 37.8 Å². The Hall–Kier alpha value is -1.50. The van der Waals surface area contributed by atoms with E-state index in [0.29, 0.717) is 0 Å². The smallest absolute Gasteiger partial charge is 0.131 e. The number of nitrogens with zero attached hydrogens (tertiary/aromatic N) is 3. The first kappa shape index (κ1) is 16.0. The van der Waals surface area contributed by atoms with Crippen molar-refractivity contribution in [2.45, 2.75) is 38.3 Å². The van der Waals surface area contributed by atoms with E-state index < -0.39 is 0 Å². The molecule has 2 aliphatic rings. The molecule has 1 fully saturated rings. The van der Waals surface area contributed by atoms with Crippen molar-refractivity contribution >= 4 is 11.3 Å². The molecule has 5 nitrogen and oxygen atoms in total. The second kappa shape index (κ2) is 6.43. The number of ether oxygens (including phenoxy) is 2. The van der Waals surface area contributed by atoms with Crippen molar-refractivity contribution in [1.82, 2.24) is 15.1 Å². The number of piperidine rings is 1. The average Bonchev–Trinajstić information content (AvgIpc) is 3.02. The van der Waals surface area contributed by atoms with E-state index in [-0.39, 0.29) is 5.60 Å². The van der Waals surface area contributed by atoms with Crippen LogP contribution in [0.2, 0.25) is 0 Å². The highest BCUT2D eigenvalue weighted by atomic mass is 32.1. The summed E-state index contributed by atoms with van der Waals surface area (Å²) in [7, 11) is 1.75. The van der Waals surface area contributed by atoms with Crippen LogP contribution in [0.1, 0.15) is 34.0 Å². The van der Waals surface area contributed by atoms with Crippen molar-refractivity contribution in [3.63, 3.8) is 0 Å². The van der Waals surface area contributed by atoms with Crippen molar-refractivity contribution in [3.05, 3.63) is 39.3 Å². The zero-order chi connectivity index (χ0) is 16.6. The topological polar surface area (TPSA) is 47.5 Å². The van der Waals surface area contributed by atoms with Gasteiger partial charge in [0.05, 0.1) is 25.9 Å². The number of hydrogen-bond donors (Lipinski definition) is 0. The number of fused-ring (bicyclic) bond motifs is 2. The minimum absolute atomic E-state index is 0.187. The number of rotatable bonds is 3. The first-order valence-corrected chi connectivity index (χ1v) is 9.33. The molecule has 0 N–H and O–H groups in total. The summed E-state index contributed by atoms with van der Waals surface area (Å²) in [5.41, 5.74) is 2.48. The van der Waals surface area contributed by atoms with Crippen molar-refractivity contribution in [1.29, 1.82) is 0 Å². The van der Waals surface area contributed by atoms with E-state index in [9.17, 15) is 0 Å². The van der Waals surface area contributed by atoms with Crippen LogP contribution in [0.25, 0.3) is 0 Å². The van der Waals surface area contributed by atoms with Gasteiger partial charge >= 0.3 is 0 Å². The Morgan fingerprint density at radius 1 is 1.29 bits per heavy atom. The predicted molar refractivity (Wildman–Crippen MR) is 93.5 cm³/mol. The van der Waals surface area contributed by atoms with Crippen molar-refractivity contribution < 1.29 is 9.47 Å². The van der Waals surface area contributed by atoms with E-state index in [4.69, 9.17) is 9.47 Å². The van der Waals surface area contributed by atoms with Gasteiger partial charge in [0.15, 0.2) is 0 Å². The molecule has 4 rings (SSSR count). The molecule has 1 aromatic carbocycles. The van der Waals surface area contributed by atoms with Gasteiger partial charge in [0.2, 0.25) is 0 Å². The van der Waals surface area contributed by atoms with E-state index >= 15 is 0 Å². The van der Waals surface area contributed by atoms with Crippen LogP contribution in [0.4, 0.5) is 0 Å². The van der Waals surface area contributed by atoms with Crippen LogP contribution in [-0.2, 0) is 23.3 Å². The van der Waals surface area contributed by atoms with Gasteiger partial charge in [-0.15, -0.1) is 21.5 Å². The van der Waals surface area contributed by atoms with Crippen molar-refractivity contribution in [3.8, 4) is 5.75 Å². The molecule has 6 heteroatoms. The van der Waals surface area contributed by atoms with Gasteiger partial charge < -0.3 is 9.47 Å². The standard InChI is InChI=1S/C18H23N3O2S/c1-13-19-20-16(24-13)12-21-9-7-18(8-10-21)17-14(6-11-23-18)4-3-5-15(17)22-2/h3-5H,6-12H2,1-2H3. The molecule has 24 heavy (non-hydrogen) atoms. The highest BCUT2D eigenvalue weighted by Gasteiger charge is 2.42. The van der Waals surface area contributed by atoms with Gasteiger partial charge in [-0.2, -0.15) is 0 Å². The summed E-state index contributed by atoms with van der Waals surface area (Å²) in [5, 5.41) is 10.5.